The molecule has 0 aliphatic heterocycles. The first-order valence-corrected chi connectivity index (χ1v) is 10.8. The molecule has 5 nitrogen and oxygen atoms in total. The number of hydrogen-bond donors (Lipinski definition) is 1. The van der Waals surface area contributed by atoms with E-state index in [-0.39, 0.29) is 16.8 Å². The minimum absolute atomic E-state index is 0.114. The summed E-state index contributed by atoms with van der Waals surface area (Å²) < 4.78 is 27.3. The van der Waals surface area contributed by atoms with Gasteiger partial charge in [0.25, 0.3) is 15.9 Å². The van der Waals surface area contributed by atoms with Crippen molar-refractivity contribution in [1.82, 2.24) is 5.32 Å². The number of carbonyl (C=O) groups is 1. The molecule has 0 saturated heterocycles. The predicted octanol–water partition coefficient (Wildman–Crippen LogP) is 3.88. The summed E-state index contributed by atoms with van der Waals surface area (Å²) in [6.07, 6.45) is 5.44. The van der Waals surface area contributed by atoms with Gasteiger partial charge in [0, 0.05) is 18.7 Å². The minimum Gasteiger partial charge on any atom is -0.349 e. The van der Waals surface area contributed by atoms with E-state index < -0.39 is 10.0 Å². The number of nitrogens with one attached hydrogen (secondary N) is 1. The molecule has 1 saturated carbocycles. The Kier molecular flexibility index (Phi) is 5.85. The largest absolute Gasteiger partial charge is 0.349 e. The van der Waals surface area contributed by atoms with E-state index in [2.05, 4.69) is 5.32 Å². The molecule has 0 spiro atoms. The molecule has 1 fully saturated rings. The fourth-order valence-electron chi connectivity index (χ4n) is 3.43. The van der Waals surface area contributed by atoms with E-state index in [9.17, 15) is 13.2 Å². The summed E-state index contributed by atoms with van der Waals surface area (Å²) in [5.74, 6) is -0.211. The average Bonchev–Trinajstić information content (AvgIpc) is 2.68. The fourth-order valence-corrected chi connectivity index (χ4v) is 4.67. The molecule has 1 amide bonds. The van der Waals surface area contributed by atoms with Gasteiger partial charge in [0.2, 0.25) is 0 Å². The van der Waals surface area contributed by atoms with Crippen molar-refractivity contribution >= 4 is 21.6 Å². The first kappa shape index (κ1) is 19.4. The van der Waals surface area contributed by atoms with Crippen LogP contribution in [0.1, 0.15) is 48.0 Å². The van der Waals surface area contributed by atoms with Gasteiger partial charge in [-0.15, -0.1) is 0 Å². The number of benzene rings is 2. The number of amides is 1. The summed E-state index contributed by atoms with van der Waals surface area (Å²) in [6, 6.07) is 13.8. The van der Waals surface area contributed by atoms with Crippen molar-refractivity contribution in [1.29, 1.82) is 0 Å². The highest BCUT2D eigenvalue weighted by molar-refractivity contribution is 7.92. The predicted molar refractivity (Wildman–Crippen MR) is 108 cm³/mol. The summed E-state index contributed by atoms with van der Waals surface area (Å²) in [5.41, 5.74) is 1.95. The molecule has 1 aliphatic carbocycles. The van der Waals surface area contributed by atoms with E-state index in [4.69, 9.17) is 0 Å². The third-order valence-corrected chi connectivity index (χ3v) is 6.84. The van der Waals surface area contributed by atoms with Gasteiger partial charge < -0.3 is 5.32 Å². The number of anilines is 1. The zero-order chi connectivity index (χ0) is 19.4. The third kappa shape index (κ3) is 4.50. The van der Waals surface area contributed by atoms with Gasteiger partial charge in [-0.2, -0.15) is 0 Å². The van der Waals surface area contributed by atoms with Gasteiger partial charge in [-0.25, -0.2) is 8.42 Å². The second-order valence-electron chi connectivity index (χ2n) is 7.15. The van der Waals surface area contributed by atoms with Crippen LogP contribution in [-0.2, 0) is 10.0 Å². The highest BCUT2D eigenvalue weighted by Gasteiger charge is 2.23. The topological polar surface area (TPSA) is 66.5 Å². The van der Waals surface area contributed by atoms with Crippen LogP contribution in [-0.4, -0.2) is 27.4 Å². The first-order valence-electron chi connectivity index (χ1n) is 9.34. The molecule has 3 rings (SSSR count). The molecule has 1 N–H and O–H groups in total. The van der Waals surface area contributed by atoms with Gasteiger partial charge in [0.1, 0.15) is 0 Å². The smallest absolute Gasteiger partial charge is 0.264 e. The second-order valence-corrected chi connectivity index (χ2v) is 9.12. The van der Waals surface area contributed by atoms with E-state index in [1.54, 1.807) is 18.2 Å². The Hall–Kier alpha value is -2.34. The Morgan fingerprint density at radius 3 is 2.44 bits per heavy atom. The molecule has 0 unspecified atom stereocenters. The van der Waals surface area contributed by atoms with Crippen LogP contribution in [0.3, 0.4) is 0 Å². The molecule has 2 aromatic carbocycles. The lowest BCUT2D eigenvalue weighted by Gasteiger charge is -2.23. The SMILES string of the molecule is Cc1cccc(N(C)S(=O)(=O)c2cccc(C(=O)NC3CCCCC3)c2)c1. The highest BCUT2D eigenvalue weighted by Crippen LogP contribution is 2.24. The summed E-state index contributed by atoms with van der Waals surface area (Å²) in [5, 5.41) is 3.03. The Morgan fingerprint density at radius 2 is 1.74 bits per heavy atom. The standard InChI is InChI=1S/C21H26N2O3S/c1-16-8-6-12-19(14-16)23(2)27(25,26)20-13-7-9-17(15-20)21(24)22-18-10-4-3-5-11-18/h6-9,12-15,18H,3-5,10-11H2,1-2H3,(H,22,24). The molecule has 6 heteroatoms. The number of carbonyl (C=O) groups excluding carboxylic acids is 1. The lowest BCUT2D eigenvalue weighted by atomic mass is 9.95. The van der Waals surface area contributed by atoms with Crippen LogP contribution < -0.4 is 9.62 Å². The molecule has 0 heterocycles. The lowest BCUT2D eigenvalue weighted by Crippen LogP contribution is -2.36. The van der Waals surface area contributed by atoms with Gasteiger partial charge >= 0.3 is 0 Å². The van der Waals surface area contributed by atoms with Gasteiger partial charge in [-0.3, -0.25) is 9.10 Å². The quantitative estimate of drug-likeness (QED) is 0.848. The van der Waals surface area contributed by atoms with E-state index in [1.165, 1.54) is 29.9 Å². The van der Waals surface area contributed by atoms with Crippen LogP contribution in [0.5, 0.6) is 0 Å². The summed E-state index contributed by atoms with van der Waals surface area (Å²) in [7, 11) is -2.22. The van der Waals surface area contributed by atoms with Crippen LogP contribution in [0.4, 0.5) is 5.69 Å². The second kappa shape index (κ2) is 8.13. The Bertz CT molecular complexity index is 919. The number of aryl methyl sites for hydroxylation is 1. The van der Waals surface area contributed by atoms with Crippen LogP contribution in [0.2, 0.25) is 0 Å². The van der Waals surface area contributed by atoms with Crippen LogP contribution in [0, 0.1) is 6.92 Å². The lowest BCUT2D eigenvalue weighted by molar-refractivity contribution is 0.0927. The minimum atomic E-state index is -3.74. The van der Waals surface area contributed by atoms with Crippen molar-refractivity contribution < 1.29 is 13.2 Å². The number of sulfonamides is 1. The number of rotatable bonds is 5. The van der Waals surface area contributed by atoms with E-state index in [1.807, 2.05) is 25.1 Å². The fraction of sp³-hybridized carbons (Fsp3) is 0.381. The van der Waals surface area contributed by atoms with Gasteiger partial charge in [-0.05, 0) is 55.7 Å². The van der Waals surface area contributed by atoms with Gasteiger partial charge in [-0.1, -0.05) is 37.5 Å². The van der Waals surface area contributed by atoms with Crippen molar-refractivity contribution in [3.8, 4) is 0 Å². The molecule has 2 aromatic rings. The molecule has 27 heavy (non-hydrogen) atoms. The summed E-state index contributed by atoms with van der Waals surface area (Å²) in [4.78, 5) is 12.7. The highest BCUT2D eigenvalue weighted by atomic mass is 32.2. The van der Waals surface area contributed by atoms with Crippen molar-refractivity contribution in [2.75, 3.05) is 11.4 Å². The van der Waals surface area contributed by atoms with Crippen molar-refractivity contribution in [2.45, 2.75) is 50.0 Å². The van der Waals surface area contributed by atoms with Crippen molar-refractivity contribution in [3.63, 3.8) is 0 Å². The van der Waals surface area contributed by atoms with Gasteiger partial charge in [0.15, 0.2) is 0 Å². The number of nitrogens with zero attached hydrogens (tertiary/aromatic N) is 1. The van der Waals surface area contributed by atoms with E-state index >= 15 is 0 Å². The molecular formula is C21H26N2O3S. The number of hydrogen-bond acceptors (Lipinski definition) is 3. The average molecular weight is 387 g/mol. The summed E-state index contributed by atoms with van der Waals surface area (Å²) >= 11 is 0. The zero-order valence-corrected chi connectivity index (χ0v) is 16.6. The molecule has 1 aliphatic rings. The van der Waals surface area contributed by atoms with E-state index in [0.717, 1.165) is 31.2 Å². The Labute approximate surface area is 161 Å². The van der Waals surface area contributed by atoms with Crippen LogP contribution in [0.25, 0.3) is 0 Å². The van der Waals surface area contributed by atoms with Crippen molar-refractivity contribution in [3.05, 3.63) is 59.7 Å². The summed E-state index contributed by atoms with van der Waals surface area (Å²) in [6.45, 7) is 1.92. The normalized spacial score (nSPS) is 15.3. The van der Waals surface area contributed by atoms with Gasteiger partial charge in [0.05, 0.1) is 10.6 Å². The Balaban J connectivity index is 1.82. The Morgan fingerprint density at radius 1 is 1.04 bits per heavy atom. The molecular weight excluding hydrogens is 360 g/mol. The molecule has 0 radical (unpaired) electrons. The maximum atomic E-state index is 13.0. The molecule has 0 atom stereocenters. The van der Waals surface area contributed by atoms with Crippen LogP contribution in [0.15, 0.2) is 53.4 Å². The monoisotopic (exact) mass is 386 g/mol. The molecule has 0 aromatic heterocycles. The molecule has 0 bridgehead atoms. The maximum absolute atomic E-state index is 13.0. The van der Waals surface area contributed by atoms with Crippen molar-refractivity contribution in [2.24, 2.45) is 0 Å². The zero-order valence-electron chi connectivity index (χ0n) is 15.8. The van der Waals surface area contributed by atoms with Crippen LogP contribution >= 0.6 is 0 Å². The maximum Gasteiger partial charge on any atom is 0.264 e. The molecule has 144 valence electrons. The first-order chi connectivity index (χ1) is 12.9. The van der Waals surface area contributed by atoms with E-state index in [0.29, 0.717) is 11.3 Å². The third-order valence-electron chi connectivity index (χ3n) is 5.06.